The van der Waals surface area contributed by atoms with E-state index in [-0.39, 0.29) is 11.3 Å². The molecule has 1 aliphatic heterocycles. The van der Waals surface area contributed by atoms with Gasteiger partial charge in [0.05, 0.1) is 12.1 Å². The van der Waals surface area contributed by atoms with Gasteiger partial charge >= 0.3 is 0 Å². The summed E-state index contributed by atoms with van der Waals surface area (Å²) in [5.41, 5.74) is 9.08. The van der Waals surface area contributed by atoms with Crippen LogP contribution in [0.15, 0.2) is 53.5 Å². The average Bonchev–Trinajstić information content (AvgIpc) is 2.76. The van der Waals surface area contributed by atoms with Crippen LogP contribution in [-0.2, 0) is 5.54 Å². The van der Waals surface area contributed by atoms with Gasteiger partial charge in [0, 0.05) is 5.69 Å². The Kier molecular flexibility index (Phi) is 3.09. The molecule has 2 aromatic rings. The van der Waals surface area contributed by atoms with Gasteiger partial charge < -0.3 is 15.7 Å². The van der Waals surface area contributed by atoms with Crippen LogP contribution in [0.5, 0.6) is 5.75 Å². The molecule has 0 fully saturated rings. The summed E-state index contributed by atoms with van der Waals surface area (Å²) >= 11 is 0. The van der Waals surface area contributed by atoms with E-state index in [1.807, 2.05) is 24.3 Å². The van der Waals surface area contributed by atoms with E-state index < -0.39 is 0 Å². The van der Waals surface area contributed by atoms with E-state index in [2.05, 4.69) is 35.9 Å². The van der Waals surface area contributed by atoms with Crippen LogP contribution in [0.2, 0.25) is 0 Å². The Labute approximate surface area is 124 Å². The Bertz CT molecular complexity index is 693. The van der Waals surface area contributed by atoms with Crippen molar-refractivity contribution in [3.05, 3.63) is 59.7 Å². The first-order chi connectivity index (χ1) is 10.0. The molecule has 21 heavy (non-hydrogen) atoms. The van der Waals surface area contributed by atoms with Crippen LogP contribution in [0.25, 0.3) is 0 Å². The van der Waals surface area contributed by atoms with Crippen molar-refractivity contribution >= 4 is 11.6 Å². The first-order valence-electron chi connectivity index (χ1n) is 6.97. The fraction of sp³-hybridized carbons (Fsp3) is 0.235. The summed E-state index contributed by atoms with van der Waals surface area (Å²) in [5.74, 6) is 0.785. The third-order valence-electron chi connectivity index (χ3n) is 4.02. The zero-order chi connectivity index (χ0) is 15.0. The van der Waals surface area contributed by atoms with Gasteiger partial charge in [0.25, 0.3) is 0 Å². The van der Waals surface area contributed by atoms with Gasteiger partial charge in [-0.25, -0.2) is 0 Å². The number of anilines is 1. The summed E-state index contributed by atoms with van der Waals surface area (Å²) in [4.78, 5) is 6.50. The van der Waals surface area contributed by atoms with Crippen molar-refractivity contribution in [2.45, 2.75) is 19.4 Å². The topological polar surface area (TPSA) is 61.8 Å². The number of aliphatic imine (C=N–C) groups is 1. The molecule has 1 aliphatic rings. The number of guanidine groups is 1. The van der Waals surface area contributed by atoms with Crippen molar-refractivity contribution in [2.24, 2.45) is 10.7 Å². The van der Waals surface area contributed by atoms with Crippen LogP contribution in [0.4, 0.5) is 5.69 Å². The number of benzene rings is 2. The van der Waals surface area contributed by atoms with Crippen molar-refractivity contribution < 1.29 is 5.11 Å². The predicted octanol–water partition coefficient (Wildman–Crippen LogP) is 2.75. The highest BCUT2D eigenvalue weighted by Gasteiger charge is 2.40. The first-order valence-corrected chi connectivity index (χ1v) is 6.97. The van der Waals surface area contributed by atoms with E-state index in [1.165, 1.54) is 5.56 Å². The number of nitrogens with two attached hydrogens (primary N) is 1. The van der Waals surface area contributed by atoms with E-state index in [9.17, 15) is 5.11 Å². The molecule has 4 heteroatoms. The second-order valence-electron chi connectivity index (χ2n) is 5.67. The molecule has 108 valence electrons. The number of phenols is 1. The molecular formula is C17H19N3O. The number of rotatable bonds is 2. The SMILES string of the molecule is Cc1cccc(N2C(N)=NCC2(C)c2ccc(O)cc2)c1. The molecule has 0 aromatic heterocycles. The van der Waals surface area contributed by atoms with Gasteiger partial charge in [-0.15, -0.1) is 0 Å². The monoisotopic (exact) mass is 281 g/mol. The van der Waals surface area contributed by atoms with Crippen LogP contribution in [-0.4, -0.2) is 17.6 Å². The summed E-state index contributed by atoms with van der Waals surface area (Å²) in [5, 5.41) is 9.49. The second kappa shape index (κ2) is 4.81. The van der Waals surface area contributed by atoms with Crippen LogP contribution in [0, 0.1) is 6.92 Å². The molecule has 0 saturated heterocycles. The van der Waals surface area contributed by atoms with Crippen molar-refractivity contribution in [3.8, 4) is 5.75 Å². The minimum absolute atomic E-state index is 0.261. The van der Waals surface area contributed by atoms with E-state index >= 15 is 0 Å². The fourth-order valence-electron chi connectivity index (χ4n) is 2.85. The molecule has 1 unspecified atom stereocenters. The number of phenolic OH excluding ortho intramolecular Hbond substituents is 1. The van der Waals surface area contributed by atoms with Gasteiger partial charge in [-0.1, -0.05) is 24.3 Å². The van der Waals surface area contributed by atoms with Gasteiger partial charge in [-0.05, 0) is 49.2 Å². The van der Waals surface area contributed by atoms with Crippen LogP contribution in [0.1, 0.15) is 18.1 Å². The summed E-state index contributed by atoms with van der Waals surface area (Å²) < 4.78 is 0. The van der Waals surface area contributed by atoms with Gasteiger partial charge in [0.1, 0.15) is 5.75 Å². The van der Waals surface area contributed by atoms with Crippen molar-refractivity contribution in [3.63, 3.8) is 0 Å². The number of hydrogen-bond donors (Lipinski definition) is 2. The highest BCUT2D eigenvalue weighted by molar-refractivity contribution is 5.98. The summed E-state index contributed by atoms with van der Waals surface area (Å²) in [6, 6.07) is 15.5. The highest BCUT2D eigenvalue weighted by atomic mass is 16.3. The lowest BCUT2D eigenvalue weighted by Crippen LogP contribution is -2.47. The molecule has 0 saturated carbocycles. The molecule has 0 amide bonds. The molecule has 2 aromatic carbocycles. The molecular weight excluding hydrogens is 262 g/mol. The molecule has 1 heterocycles. The molecule has 4 nitrogen and oxygen atoms in total. The second-order valence-corrected chi connectivity index (χ2v) is 5.67. The third kappa shape index (κ3) is 2.23. The maximum atomic E-state index is 9.49. The summed E-state index contributed by atoms with van der Waals surface area (Å²) in [6.45, 7) is 4.77. The number of aromatic hydroxyl groups is 1. The molecule has 0 aliphatic carbocycles. The maximum Gasteiger partial charge on any atom is 0.196 e. The highest BCUT2D eigenvalue weighted by Crippen LogP contribution is 2.37. The van der Waals surface area contributed by atoms with Gasteiger partial charge in [0.2, 0.25) is 0 Å². The average molecular weight is 281 g/mol. The lowest BCUT2D eigenvalue weighted by Gasteiger charge is -2.36. The fourth-order valence-corrected chi connectivity index (χ4v) is 2.85. The van der Waals surface area contributed by atoms with Crippen LogP contribution < -0.4 is 10.6 Å². The molecule has 1 atom stereocenters. The Morgan fingerprint density at radius 2 is 1.90 bits per heavy atom. The van der Waals surface area contributed by atoms with Crippen molar-refractivity contribution in [1.82, 2.24) is 0 Å². The number of hydrogen-bond acceptors (Lipinski definition) is 4. The zero-order valence-corrected chi connectivity index (χ0v) is 12.2. The zero-order valence-electron chi connectivity index (χ0n) is 12.2. The molecule has 3 rings (SSSR count). The Morgan fingerprint density at radius 3 is 2.57 bits per heavy atom. The minimum atomic E-state index is -0.342. The predicted molar refractivity (Wildman–Crippen MR) is 85.6 cm³/mol. The van der Waals surface area contributed by atoms with Gasteiger partial charge in [0.15, 0.2) is 5.96 Å². The summed E-state index contributed by atoms with van der Waals surface area (Å²) in [7, 11) is 0. The minimum Gasteiger partial charge on any atom is -0.508 e. The molecule has 0 bridgehead atoms. The maximum absolute atomic E-state index is 9.49. The first kappa shape index (κ1) is 13.5. The van der Waals surface area contributed by atoms with E-state index in [4.69, 9.17) is 5.73 Å². The Hall–Kier alpha value is -2.49. The number of aryl methyl sites for hydroxylation is 1. The third-order valence-corrected chi connectivity index (χ3v) is 4.02. The molecule has 3 N–H and O–H groups in total. The quantitative estimate of drug-likeness (QED) is 0.889. The lowest BCUT2D eigenvalue weighted by atomic mass is 9.90. The smallest absolute Gasteiger partial charge is 0.196 e. The molecule has 0 spiro atoms. The summed E-state index contributed by atoms with van der Waals surface area (Å²) in [6.07, 6.45) is 0. The van der Waals surface area contributed by atoms with Crippen molar-refractivity contribution in [2.75, 3.05) is 11.4 Å². The van der Waals surface area contributed by atoms with E-state index in [0.717, 1.165) is 11.3 Å². The lowest BCUT2D eigenvalue weighted by molar-refractivity contribution is 0.473. The van der Waals surface area contributed by atoms with Crippen LogP contribution >= 0.6 is 0 Å². The molecule has 0 radical (unpaired) electrons. The largest absolute Gasteiger partial charge is 0.508 e. The van der Waals surface area contributed by atoms with Crippen molar-refractivity contribution in [1.29, 1.82) is 0 Å². The standard InChI is InChI=1S/C17H19N3O/c1-12-4-3-5-14(10-12)20-16(18)19-11-17(20,2)13-6-8-15(21)9-7-13/h3-10,21H,11H2,1-2H3,(H2,18,19). The number of nitrogens with zero attached hydrogens (tertiary/aromatic N) is 2. The normalized spacial score (nSPS) is 21.4. The Morgan fingerprint density at radius 1 is 1.19 bits per heavy atom. The van der Waals surface area contributed by atoms with Gasteiger partial charge in [-0.2, -0.15) is 0 Å². The van der Waals surface area contributed by atoms with Crippen LogP contribution in [0.3, 0.4) is 0 Å². The van der Waals surface area contributed by atoms with Gasteiger partial charge in [-0.3, -0.25) is 4.99 Å². The Balaban J connectivity index is 2.07. The van der Waals surface area contributed by atoms with E-state index in [1.54, 1.807) is 12.1 Å². The van der Waals surface area contributed by atoms with E-state index in [0.29, 0.717) is 12.5 Å².